The number of aryl methyl sites for hydroxylation is 1. The summed E-state index contributed by atoms with van der Waals surface area (Å²) in [6.45, 7) is 4.55. The first kappa shape index (κ1) is 18.0. The fourth-order valence-electron chi connectivity index (χ4n) is 1.62. The Labute approximate surface area is 134 Å². The van der Waals surface area contributed by atoms with E-state index in [2.05, 4.69) is 10.4 Å². The molecule has 0 saturated carbocycles. The number of rotatable bonds is 9. The molecule has 1 aromatic heterocycles. The molecule has 1 rings (SSSR count). The predicted octanol–water partition coefficient (Wildman–Crippen LogP) is 2.49. The van der Waals surface area contributed by atoms with Crippen LogP contribution in [-0.4, -0.2) is 47.7 Å². The lowest BCUT2D eigenvalue weighted by Gasteiger charge is -2.16. The van der Waals surface area contributed by atoms with Crippen LogP contribution < -0.4 is 0 Å². The highest BCUT2D eigenvalue weighted by molar-refractivity contribution is 7.98. The van der Waals surface area contributed by atoms with Crippen molar-refractivity contribution < 1.29 is 14.3 Å². The van der Waals surface area contributed by atoms with Crippen LogP contribution in [0, 0.1) is 6.92 Å². The van der Waals surface area contributed by atoms with Crippen LogP contribution in [0.2, 0.25) is 0 Å². The third-order valence-corrected chi connectivity index (χ3v) is 4.57. The molecular formula is C14H22N2O3S2. The number of thioether (sulfide) groups is 1. The number of thiazole rings is 1. The molecule has 1 heterocycles. The molecule has 0 aliphatic heterocycles. The van der Waals surface area contributed by atoms with Gasteiger partial charge in [0.05, 0.1) is 23.7 Å². The van der Waals surface area contributed by atoms with Crippen molar-refractivity contribution >= 4 is 35.0 Å². The average molecular weight is 330 g/mol. The number of aromatic nitrogens is 1. The van der Waals surface area contributed by atoms with E-state index >= 15 is 0 Å². The fourth-order valence-corrected chi connectivity index (χ4v) is 3.16. The van der Waals surface area contributed by atoms with Gasteiger partial charge >= 0.3 is 5.97 Å². The molecule has 7 heteroatoms. The van der Waals surface area contributed by atoms with Crippen molar-refractivity contribution in [3.63, 3.8) is 0 Å². The lowest BCUT2D eigenvalue weighted by Crippen LogP contribution is -2.29. The quantitative estimate of drug-likeness (QED) is 0.514. The number of carbonyl (C=O) groups is 2. The van der Waals surface area contributed by atoms with Crippen LogP contribution in [0.1, 0.15) is 30.5 Å². The fraction of sp³-hybridized carbons (Fsp3) is 0.643. The van der Waals surface area contributed by atoms with Gasteiger partial charge in [-0.3, -0.25) is 9.59 Å². The standard InChI is InChI=1S/C14H22N2O3S2/c1-4-19-14(18)5-7-16(3)13(17)6-8-20-9-12-10-21-11(2)15-12/h10H,4-9H2,1-3H3. The van der Waals surface area contributed by atoms with Gasteiger partial charge in [-0.25, -0.2) is 4.98 Å². The highest BCUT2D eigenvalue weighted by Crippen LogP contribution is 2.16. The second kappa shape index (κ2) is 9.78. The number of hydrogen-bond acceptors (Lipinski definition) is 6. The van der Waals surface area contributed by atoms with Gasteiger partial charge in [-0.2, -0.15) is 11.8 Å². The minimum absolute atomic E-state index is 0.0567. The Morgan fingerprint density at radius 2 is 2.19 bits per heavy atom. The van der Waals surface area contributed by atoms with Crippen molar-refractivity contribution in [2.45, 2.75) is 32.4 Å². The molecule has 0 spiro atoms. The van der Waals surface area contributed by atoms with Crippen molar-refractivity contribution in [2.24, 2.45) is 0 Å². The Morgan fingerprint density at radius 1 is 1.43 bits per heavy atom. The second-order valence-electron chi connectivity index (χ2n) is 4.53. The first-order valence-electron chi connectivity index (χ1n) is 6.91. The van der Waals surface area contributed by atoms with E-state index < -0.39 is 0 Å². The van der Waals surface area contributed by atoms with Gasteiger partial charge in [0.15, 0.2) is 0 Å². The normalized spacial score (nSPS) is 10.4. The second-order valence-corrected chi connectivity index (χ2v) is 6.70. The number of hydrogen-bond donors (Lipinski definition) is 0. The first-order valence-corrected chi connectivity index (χ1v) is 8.94. The maximum atomic E-state index is 11.9. The Morgan fingerprint density at radius 3 is 2.81 bits per heavy atom. The van der Waals surface area contributed by atoms with E-state index in [-0.39, 0.29) is 18.3 Å². The maximum Gasteiger partial charge on any atom is 0.307 e. The summed E-state index contributed by atoms with van der Waals surface area (Å²) < 4.78 is 4.83. The molecule has 0 aliphatic carbocycles. The van der Waals surface area contributed by atoms with Crippen LogP contribution in [0.5, 0.6) is 0 Å². The lowest BCUT2D eigenvalue weighted by atomic mass is 10.3. The summed E-state index contributed by atoms with van der Waals surface area (Å²) in [7, 11) is 1.72. The highest BCUT2D eigenvalue weighted by Gasteiger charge is 2.11. The molecule has 21 heavy (non-hydrogen) atoms. The Balaban J connectivity index is 2.13. The van der Waals surface area contributed by atoms with Gasteiger partial charge in [-0.1, -0.05) is 0 Å². The summed E-state index contributed by atoms with van der Waals surface area (Å²) in [5.41, 5.74) is 1.07. The zero-order valence-corrected chi connectivity index (χ0v) is 14.4. The van der Waals surface area contributed by atoms with Crippen molar-refractivity contribution in [1.82, 2.24) is 9.88 Å². The van der Waals surface area contributed by atoms with Crippen molar-refractivity contribution in [1.29, 1.82) is 0 Å². The summed E-state index contributed by atoms with van der Waals surface area (Å²) in [6, 6.07) is 0. The monoisotopic (exact) mass is 330 g/mol. The van der Waals surface area contributed by atoms with Gasteiger partial charge in [-0.05, 0) is 13.8 Å². The van der Waals surface area contributed by atoms with Crippen LogP contribution in [0.25, 0.3) is 0 Å². The molecule has 0 fully saturated rings. The summed E-state index contributed by atoms with van der Waals surface area (Å²) >= 11 is 3.35. The van der Waals surface area contributed by atoms with Crippen LogP contribution in [0.4, 0.5) is 0 Å². The van der Waals surface area contributed by atoms with Crippen LogP contribution in [-0.2, 0) is 20.1 Å². The number of ether oxygens (including phenoxy) is 1. The van der Waals surface area contributed by atoms with Gasteiger partial charge in [-0.15, -0.1) is 11.3 Å². The smallest absolute Gasteiger partial charge is 0.307 e. The topological polar surface area (TPSA) is 59.5 Å². The molecule has 0 aliphatic rings. The molecule has 1 amide bonds. The molecule has 118 valence electrons. The molecule has 0 unspecified atom stereocenters. The van der Waals surface area contributed by atoms with Gasteiger partial charge in [0, 0.05) is 36.9 Å². The third kappa shape index (κ3) is 7.47. The molecule has 5 nitrogen and oxygen atoms in total. The van der Waals surface area contributed by atoms with E-state index in [0.29, 0.717) is 19.6 Å². The number of carbonyl (C=O) groups excluding carboxylic acids is 2. The molecule has 0 aromatic carbocycles. The summed E-state index contributed by atoms with van der Waals surface area (Å²) in [4.78, 5) is 29.1. The molecule has 0 atom stereocenters. The minimum atomic E-state index is -0.259. The van der Waals surface area contributed by atoms with Gasteiger partial charge in [0.2, 0.25) is 5.91 Å². The zero-order chi connectivity index (χ0) is 15.7. The molecule has 1 aromatic rings. The van der Waals surface area contributed by atoms with Crippen LogP contribution in [0.3, 0.4) is 0 Å². The number of esters is 1. The average Bonchev–Trinajstić information content (AvgIpc) is 2.86. The van der Waals surface area contributed by atoms with Gasteiger partial charge in [0.25, 0.3) is 0 Å². The van der Waals surface area contributed by atoms with Crippen molar-refractivity contribution in [2.75, 3.05) is 26.0 Å². The lowest BCUT2D eigenvalue weighted by molar-refractivity contribution is -0.143. The van der Waals surface area contributed by atoms with Crippen molar-refractivity contribution in [3.05, 3.63) is 16.1 Å². The molecule has 0 N–H and O–H groups in total. The molecular weight excluding hydrogens is 308 g/mol. The van der Waals surface area contributed by atoms with E-state index in [9.17, 15) is 9.59 Å². The van der Waals surface area contributed by atoms with E-state index in [1.807, 2.05) is 6.92 Å². The summed E-state index contributed by atoms with van der Waals surface area (Å²) in [6.07, 6.45) is 0.731. The van der Waals surface area contributed by atoms with Gasteiger partial charge in [0.1, 0.15) is 0 Å². The number of nitrogens with zero attached hydrogens (tertiary/aromatic N) is 2. The zero-order valence-electron chi connectivity index (χ0n) is 12.8. The molecule has 0 bridgehead atoms. The van der Waals surface area contributed by atoms with Crippen LogP contribution >= 0.6 is 23.1 Å². The van der Waals surface area contributed by atoms with E-state index in [4.69, 9.17) is 4.74 Å². The van der Waals surface area contributed by atoms with Crippen molar-refractivity contribution in [3.8, 4) is 0 Å². The third-order valence-electron chi connectivity index (χ3n) is 2.76. The Kier molecular flexibility index (Phi) is 8.37. The molecule has 0 radical (unpaired) electrons. The first-order chi connectivity index (χ1) is 10.0. The van der Waals surface area contributed by atoms with Crippen LogP contribution in [0.15, 0.2) is 5.38 Å². The summed E-state index contributed by atoms with van der Waals surface area (Å²) in [5, 5.41) is 3.12. The maximum absolute atomic E-state index is 11.9. The SMILES string of the molecule is CCOC(=O)CCN(C)C(=O)CCSCc1csc(C)n1. The van der Waals surface area contributed by atoms with E-state index in [1.165, 1.54) is 0 Å². The van der Waals surface area contributed by atoms with E-state index in [1.54, 1.807) is 42.0 Å². The van der Waals surface area contributed by atoms with Gasteiger partial charge < -0.3 is 9.64 Å². The van der Waals surface area contributed by atoms with E-state index in [0.717, 1.165) is 22.2 Å². The summed E-state index contributed by atoms with van der Waals surface area (Å²) in [5.74, 6) is 1.40. The Hall–Kier alpha value is -1.08. The predicted molar refractivity (Wildman–Crippen MR) is 86.5 cm³/mol. The largest absolute Gasteiger partial charge is 0.466 e. The Bertz CT molecular complexity index is 463. The minimum Gasteiger partial charge on any atom is -0.466 e. The molecule has 0 saturated heterocycles. The highest BCUT2D eigenvalue weighted by atomic mass is 32.2. The number of amides is 1.